The molecular formula is C23H16FN3O4. The minimum absolute atomic E-state index is 0.00922. The van der Waals surface area contributed by atoms with E-state index >= 15 is 0 Å². The lowest BCUT2D eigenvalue weighted by atomic mass is 10.1. The van der Waals surface area contributed by atoms with E-state index in [4.69, 9.17) is 9.68 Å². The molecule has 0 spiro atoms. The van der Waals surface area contributed by atoms with E-state index in [1.165, 1.54) is 65.8 Å². The summed E-state index contributed by atoms with van der Waals surface area (Å²) in [5.74, 6) is -1.97. The van der Waals surface area contributed by atoms with Crippen LogP contribution in [-0.4, -0.2) is 28.7 Å². The molecule has 1 atom stereocenters. The normalized spacial score (nSPS) is 15.7. The van der Waals surface area contributed by atoms with Gasteiger partial charge in [0, 0.05) is 6.54 Å². The van der Waals surface area contributed by atoms with Crippen molar-refractivity contribution in [2.24, 2.45) is 0 Å². The summed E-state index contributed by atoms with van der Waals surface area (Å²) < 4.78 is 18.5. The van der Waals surface area contributed by atoms with Gasteiger partial charge in [0.05, 0.1) is 30.0 Å². The van der Waals surface area contributed by atoms with Gasteiger partial charge in [-0.15, -0.1) is 0 Å². The lowest BCUT2D eigenvalue weighted by Crippen LogP contribution is -2.45. The lowest BCUT2D eigenvalue weighted by Gasteiger charge is -2.27. The fourth-order valence-electron chi connectivity index (χ4n) is 3.47. The molecule has 3 amide bonds. The zero-order valence-corrected chi connectivity index (χ0v) is 16.2. The Hall–Kier alpha value is -4.25. The highest BCUT2D eigenvalue weighted by Crippen LogP contribution is 2.28. The van der Waals surface area contributed by atoms with E-state index in [1.54, 1.807) is 6.07 Å². The van der Waals surface area contributed by atoms with Crippen molar-refractivity contribution < 1.29 is 23.2 Å². The Kier molecular flexibility index (Phi) is 5.33. The quantitative estimate of drug-likeness (QED) is 0.594. The monoisotopic (exact) mass is 417 g/mol. The van der Waals surface area contributed by atoms with E-state index < -0.39 is 29.6 Å². The molecule has 1 unspecified atom stereocenters. The number of halogens is 1. The van der Waals surface area contributed by atoms with Crippen molar-refractivity contribution in [1.29, 1.82) is 5.26 Å². The van der Waals surface area contributed by atoms with E-state index in [1.807, 2.05) is 6.07 Å². The van der Waals surface area contributed by atoms with Gasteiger partial charge < -0.3 is 9.32 Å². The van der Waals surface area contributed by atoms with Gasteiger partial charge in [0.2, 0.25) is 5.91 Å². The number of carbonyl (C=O) groups excluding carboxylic acids is 3. The SMILES string of the molecule is N#Cc1ccc(N2C(=O)CC(N(Cc3ccc(F)cc3)C(=O)c3ccco3)C2=O)cc1. The minimum atomic E-state index is -1.05. The van der Waals surface area contributed by atoms with E-state index in [-0.39, 0.29) is 18.7 Å². The minimum Gasteiger partial charge on any atom is -0.459 e. The summed E-state index contributed by atoms with van der Waals surface area (Å²) in [5.41, 5.74) is 1.31. The van der Waals surface area contributed by atoms with Gasteiger partial charge in [0.15, 0.2) is 5.76 Å². The van der Waals surface area contributed by atoms with Gasteiger partial charge in [0.25, 0.3) is 11.8 Å². The molecule has 1 aromatic heterocycles. The number of nitrogens with zero attached hydrogens (tertiary/aromatic N) is 3. The predicted molar refractivity (Wildman–Crippen MR) is 107 cm³/mol. The molecule has 1 fully saturated rings. The number of carbonyl (C=O) groups is 3. The standard InChI is InChI=1S/C23H16FN3O4/c24-17-7-3-16(4-8-17)14-26(23(30)20-2-1-11-31-20)19-12-21(28)27(22(19)29)18-9-5-15(13-25)6-10-18/h1-11,19H,12,14H2. The Bertz CT molecular complexity index is 1170. The third-order valence-corrected chi connectivity index (χ3v) is 5.01. The first-order chi connectivity index (χ1) is 15.0. The summed E-state index contributed by atoms with van der Waals surface area (Å²) in [6.45, 7) is -0.00922. The van der Waals surface area contributed by atoms with Crippen molar-refractivity contribution >= 4 is 23.4 Å². The highest BCUT2D eigenvalue weighted by Gasteiger charge is 2.45. The summed E-state index contributed by atoms with van der Waals surface area (Å²) in [5, 5.41) is 8.95. The third-order valence-electron chi connectivity index (χ3n) is 5.01. The second-order valence-electron chi connectivity index (χ2n) is 6.98. The Morgan fingerprint density at radius 3 is 2.45 bits per heavy atom. The molecule has 1 aliphatic rings. The summed E-state index contributed by atoms with van der Waals surface area (Å²) in [6.07, 6.45) is 1.14. The number of anilines is 1. The summed E-state index contributed by atoms with van der Waals surface area (Å²) in [7, 11) is 0. The number of rotatable bonds is 5. The molecule has 154 valence electrons. The van der Waals surface area contributed by atoms with Crippen LogP contribution in [0.25, 0.3) is 0 Å². The maximum atomic E-state index is 13.3. The van der Waals surface area contributed by atoms with E-state index in [0.29, 0.717) is 16.8 Å². The zero-order valence-electron chi connectivity index (χ0n) is 16.2. The molecule has 31 heavy (non-hydrogen) atoms. The van der Waals surface area contributed by atoms with Gasteiger partial charge >= 0.3 is 0 Å². The average molecular weight is 417 g/mol. The number of furan rings is 1. The van der Waals surface area contributed by atoms with Crippen LogP contribution in [0, 0.1) is 17.1 Å². The molecule has 0 bridgehead atoms. The van der Waals surface area contributed by atoms with Crippen LogP contribution >= 0.6 is 0 Å². The highest BCUT2D eigenvalue weighted by molar-refractivity contribution is 6.23. The topological polar surface area (TPSA) is 94.6 Å². The largest absolute Gasteiger partial charge is 0.459 e. The molecular weight excluding hydrogens is 401 g/mol. The number of imide groups is 1. The molecule has 2 aromatic carbocycles. The summed E-state index contributed by atoms with van der Waals surface area (Å²) >= 11 is 0. The van der Waals surface area contributed by atoms with Crippen LogP contribution in [-0.2, 0) is 16.1 Å². The maximum absolute atomic E-state index is 13.3. The molecule has 4 rings (SSSR count). The number of hydrogen-bond donors (Lipinski definition) is 0. The number of hydrogen-bond acceptors (Lipinski definition) is 5. The summed E-state index contributed by atoms with van der Waals surface area (Å²) in [6, 6.07) is 15.5. The van der Waals surface area contributed by atoms with E-state index in [2.05, 4.69) is 0 Å². The van der Waals surface area contributed by atoms with Gasteiger partial charge in [-0.25, -0.2) is 9.29 Å². The Morgan fingerprint density at radius 1 is 1.13 bits per heavy atom. The van der Waals surface area contributed by atoms with Gasteiger partial charge in [-0.05, 0) is 54.1 Å². The molecule has 0 aliphatic carbocycles. The van der Waals surface area contributed by atoms with Crippen LogP contribution < -0.4 is 4.90 Å². The number of benzene rings is 2. The first-order valence-electron chi connectivity index (χ1n) is 9.44. The second kappa shape index (κ2) is 8.24. The van der Waals surface area contributed by atoms with Crippen LogP contribution in [0.15, 0.2) is 71.3 Å². The van der Waals surface area contributed by atoms with Crippen LogP contribution in [0.5, 0.6) is 0 Å². The predicted octanol–water partition coefficient (Wildman–Crippen LogP) is 3.26. The Labute approximate surface area is 176 Å². The molecule has 8 heteroatoms. The summed E-state index contributed by atoms with van der Waals surface area (Å²) in [4.78, 5) is 41.2. The Morgan fingerprint density at radius 2 is 1.84 bits per heavy atom. The van der Waals surface area contributed by atoms with Crippen LogP contribution in [0.1, 0.15) is 28.1 Å². The van der Waals surface area contributed by atoms with Crippen LogP contribution in [0.2, 0.25) is 0 Å². The fourth-order valence-corrected chi connectivity index (χ4v) is 3.47. The van der Waals surface area contributed by atoms with Crippen molar-refractivity contribution in [2.45, 2.75) is 19.0 Å². The van der Waals surface area contributed by atoms with E-state index in [9.17, 15) is 18.8 Å². The smallest absolute Gasteiger partial charge is 0.290 e. The van der Waals surface area contributed by atoms with Crippen molar-refractivity contribution in [2.75, 3.05) is 4.90 Å². The molecule has 3 aromatic rings. The van der Waals surface area contributed by atoms with Gasteiger partial charge in [-0.2, -0.15) is 5.26 Å². The molecule has 1 saturated heterocycles. The third kappa shape index (κ3) is 3.94. The Balaban J connectivity index is 1.66. The molecule has 7 nitrogen and oxygen atoms in total. The van der Waals surface area contributed by atoms with E-state index in [0.717, 1.165) is 4.90 Å². The lowest BCUT2D eigenvalue weighted by molar-refractivity contribution is -0.122. The van der Waals surface area contributed by atoms with Crippen molar-refractivity contribution in [3.63, 3.8) is 0 Å². The van der Waals surface area contributed by atoms with Gasteiger partial charge in [-0.3, -0.25) is 14.4 Å². The zero-order chi connectivity index (χ0) is 22.0. The van der Waals surface area contributed by atoms with Gasteiger partial charge in [0.1, 0.15) is 11.9 Å². The highest BCUT2D eigenvalue weighted by atomic mass is 19.1. The molecule has 0 N–H and O–H groups in total. The van der Waals surface area contributed by atoms with Crippen molar-refractivity contribution in [3.05, 3.63) is 89.6 Å². The molecule has 2 heterocycles. The molecule has 1 aliphatic heterocycles. The number of nitriles is 1. The first kappa shape index (κ1) is 20.0. The van der Waals surface area contributed by atoms with Crippen molar-refractivity contribution in [3.8, 4) is 6.07 Å². The van der Waals surface area contributed by atoms with Crippen LogP contribution in [0.4, 0.5) is 10.1 Å². The maximum Gasteiger partial charge on any atom is 0.290 e. The average Bonchev–Trinajstić information content (AvgIpc) is 3.41. The number of amides is 3. The molecule has 0 radical (unpaired) electrons. The first-order valence-corrected chi connectivity index (χ1v) is 9.44. The van der Waals surface area contributed by atoms with Crippen LogP contribution in [0.3, 0.4) is 0 Å². The second-order valence-corrected chi connectivity index (χ2v) is 6.98. The fraction of sp³-hybridized carbons (Fsp3) is 0.130. The molecule has 0 saturated carbocycles. The van der Waals surface area contributed by atoms with Crippen molar-refractivity contribution in [1.82, 2.24) is 4.90 Å². The van der Waals surface area contributed by atoms with Gasteiger partial charge in [-0.1, -0.05) is 12.1 Å².